The number of benzene rings is 5. The van der Waals surface area contributed by atoms with Crippen molar-refractivity contribution >= 4 is 0 Å². The van der Waals surface area contributed by atoms with Gasteiger partial charge in [0.2, 0.25) is 0 Å². The van der Waals surface area contributed by atoms with Gasteiger partial charge in [-0.25, -0.2) is 15.0 Å². The normalized spacial score (nSPS) is 11.0. The van der Waals surface area contributed by atoms with Crippen LogP contribution in [0.15, 0.2) is 127 Å². The molecule has 1 aromatic heterocycles. The molecule has 0 N–H and O–H groups in total. The highest BCUT2D eigenvalue weighted by atomic mass is 15.0. The summed E-state index contributed by atoms with van der Waals surface area (Å²) in [6.07, 6.45) is 3.52. The van der Waals surface area contributed by atoms with Crippen molar-refractivity contribution in [2.75, 3.05) is 0 Å². The van der Waals surface area contributed by atoms with Crippen LogP contribution in [0.3, 0.4) is 0 Å². The van der Waals surface area contributed by atoms with Crippen LogP contribution in [0.2, 0.25) is 0 Å². The predicted octanol–water partition coefficient (Wildman–Crippen LogP) is 9.86. The van der Waals surface area contributed by atoms with Crippen LogP contribution in [0.4, 0.5) is 0 Å². The average molecular weight is 532 g/mol. The number of nitrogens with zero attached hydrogens (tertiary/aromatic N) is 3. The fourth-order valence-corrected chi connectivity index (χ4v) is 5.02. The molecular formula is C38H33N3. The first-order chi connectivity index (χ1) is 20.2. The van der Waals surface area contributed by atoms with Crippen molar-refractivity contribution in [3.05, 3.63) is 139 Å². The van der Waals surface area contributed by atoms with E-state index in [-0.39, 0.29) is 0 Å². The standard InChI is InChI=1S/C38H33N3/c1-3-4-11-28-18-22-30(23-19-28)34-24-33(29-20-16-27(2)17-21-29)25-35(26-34)38-40-36(31-12-7-5-8-13-31)39-37(41-38)32-14-9-6-10-15-32/h5-10,12-26H,3-4,11H2,1-2H3. The Labute approximate surface area is 242 Å². The van der Waals surface area contributed by atoms with Crippen molar-refractivity contribution in [1.82, 2.24) is 15.0 Å². The second-order valence-electron chi connectivity index (χ2n) is 10.5. The van der Waals surface area contributed by atoms with Crippen molar-refractivity contribution in [3.63, 3.8) is 0 Å². The molecule has 0 spiro atoms. The maximum Gasteiger partial charge on any atom is 0.164 e. The smallest absolute Gasteiger partial charge is 0.164 e. The molecule has 0 aliphatic carbocycles. The van der Waals surface area contributed by atoms with Crippen molar-refractivity contribution in [1.29, 1.82) is 0 Å². The molecule has 0 unspecified atom stereocenters. The van der Waals surface area contributed by atoms with Crippen LogP contribution >= 0.6 is 0 Å². The number of aryl methyl sites for hydroxylation is 2. The summed E-state index contributed by atoms with van der Waals surface area (Å²) in [5, 5.41) is 0. The Hall–Kier alpha value is -4.89. The van der Waals surface area contributed by atoms with Gasteiger partial charge in [-0.2, -0.15) is 0 Å². The summed E-state index contributed by atoms with van der Waals surface area (Å²) in [6.45, 7) is 4.35. The maximum atomic E-state index is 5.01. The van der Waals surface area contributed by atoms with E-state index in [1.807, 2.05) is 60.7 Å². The second-order valence-corrected chi connectivity index (χ2v) is 10.5. The molecule has 0 amide bonds. The molecular weight excluding hydrogens is 498 g/mol. The van der Waals surface area contributed by atoms with Gasteiger partial charge in [-0.15, -0.1) is 0 Å². The van der Waals surface area contributed by atoms with E-state index in [0.29, 0.717) is 17.5 Å². The van der Waals surface area contributed by atoms with E-state index in [1.165, 1.54) is 35.1 Å². The van der Waals surface area contributed by atoms with Gasteiger partial charge in [0.25, 0.3) is 0 Å². The van der Waals surface area contributed by atoms with Gasteiger partial charge in [0, 0.05) is 16.7 Å². The summed E-state index contributed by atoms with van der Waals surface area (Å²) in [5.74, 6) is 1.99. The third-order valence-corrected chi connectivity index (χ3v) is 7.38. The van der Waals surface area contributed by atoms with Crippen LogP contribution < -0.4 is 0 Å². The van der Waals surface area contributed by atoms with Crippen LogP contribution in [-0.2, 0) is 6.42 Å². The minimum atomic E-state index is 0.660. The molecule has 1 heterocycles. The average Bonchev–Trinajstić information content (AvgIpc) is 3.05. The molecule has 6 rings (SSSR count). The molecule has 0 bridgehead atoms. The van der Waals surface area contributed by atoms with E-state index in [0.717, 1.165) is 34.2 Å². The summed E-state index contributed by atoms with van der Waals surface area (Å²) in [4.78, 5) is 14.9. The van der Waals surface area contributed by atoms with Crippen LogP contribution in [-0.4, -0.2) is 15.0 Å². The molecule has 0 fully saturated rings. The topological polar surface area (TPSA) is 38.7 Å². The van der Waals surface area contributed by atoms with Crippen molar-refractivity contribution in [2.24, 2.45) is 0 Å². The Morgan fingerprint density at radius 3 is 1.37 bits per heavy atom. The lowest BCUT2D eigenvalue weighted by Gasteiger charge is -2.13. The number of hydrogen-bond acceptors (Lipinski definition) is 3. The highest BCUT2D eigenvalue weighted by molar-refractivity contribution is 5.80. The van der Waals surface area contributed by atoms with E-state index in [2.05, 4.69) is 80.6 Å². The monoisotopic (exact) mass is 531 g/mol. The number of unbranched alkanes of at least 4 members (excludes halogenated alkanes) is 1. The van der Waals surface area contributed by atoms with Crippen LogP contribution in [0, 0.1) is 6.92 Å². The SMILES string of the molecule is CCCCc1ccc(-c2cc(-c3ccc(C)cc3)cc(-c3nc(-c4ccccc4)nc(-c4ccccc4)n3)c2)cc1. The summed E-state index contributed by atoms with van der Waals surface area (Å²) in [5.41, 5.74) is 10.1. The Balaban J connectivity index is 1.52. The molecule has 3 nitrogen and oxygen atoms in total. The van der Waals surface area contributed by atoms with Gasteiger partial charge in [-0.3, -0.25) is 0 Å². The molecule has 0 aliphatic heterocycles. The van der Waals surface area contributed by atoms with E-state index in [1.54, 1.807) is 0 Å². The summed E-state index contributed by atoms with van der Waals surface area (Å²) >= 11 is 0. The molecule has 200 valence electrons. The van der Waals surface area contributed by atoms with Gasteiger partial charge in [0.15, 0.2) is 17.5 Å². The molecule has 6 aromatic rings. The first kappa shape index (κ1) is 26.3. The Kier molecular flexibility index (Phi) is 7.77. The first-order valence-electron chi connectivity index (χ1n) is 14.3. The van der Waals surface area contributed by atoms with E-state index < -0.39 is 0 Å². The zero-order valence-electron chi connectivity index (χ0n) is 23.6. The predicted molar refractivity (Wildman–Crippen MR) is 170 cm³/mol. The molecule has 0 saturated carbocycles. The minimum absolute atomic E-state index is 0.660. The quantitative estimate of drug-likeness (QED) is 0.196. The van der Waals surface area contributed by atoms with Gasteiger partial charge in [-0.1, -0.05) is 128 Å². The lowest BCUT2D eigenvalue weighted by molar-refractivity contribution is 0.795. The third kappa shape index (κ3) is 6.15. The van der Waals surface area contributed by atoms with E-state index in [4.69, 9.17) is 15.0 Å². The molecule has 5 aromatic carbocycles. The minimum Gasteiger partial charge on any atom is -0.208 e. The maximum absolute atomic E-state index is 5.01. The van der Waals surface area contributed by atoms with E-state index in [9.17, 15) is 0 Å². The van der Waals surface area contributed by atoms with E-state index >= 15 is 0 Å². The van der Waals surface area contributed by atoms with Gasteiger partial charge < -0.3 is 0 Å². The van der Waals surface area contributed by atoms with Gasteiger partial charge in [0.1, 0.15) is 0 Å². The van der Waals surface area contributed by atoms with Crippen molar-refractivity contribution < 1.29 is 0 Å². The van der Waals surface area contributed by atoms with Crippen molar-refractivity contribution in [3.8, 4) is 56.4 Å². The molecule has 0 atom stereocenters. The fraction of sp³-hybridized carbons (Fsp3) is 0.132. The Morgan fingerprint density at radius 2 is 0.878 bits per heavy atom. The molecule has 0 radical (unpaired) electrons. The Bertz CT molecular complexity index is 1680. The lowest BCUT2D eigenvalue weighted by atomic mass is 9.94. The van der Waals surface area contributed by atoms with Crippen LogP contribution in [0.25, 0.3) is 56.4 Å². The highest BCUT2D eigenvalue weighted by Crippen LogP contribution is 2.33. The van der Waals surface area contributed by atoms with Gasteiger partial charge in [-0.05, 0) is 65.8 Å². The molecule has 41 heavy (non-hydrogen) atoms. The highest BCUT2D eigenvalue weighted by Gasteiger charge is 2.15. The van der Waals surface area contributed by atoms with Gasteiger partial charge in [0.05, 0.1) is 0 Å². The van der Waals surface area contributed by atoms with Crippen molar-refractivity contribution in [2.45, 2.75) is 33.1 Å². The Morgan fingerprint density at radius 1 is 0.439 bits per heavy atom. The van der Waals surface area contributed by atoms with Crippen LogP contribution in [0.1, 0.15) is 30.9 Å². The third-order valence-electron chi connectivity index (χ3n) is 7.38. The summed E-state index contributed by atoms with van der Waals surface area (Å²) in [6, 6.07) is 44.6. The number of aromatic nitrogens is 3. The second kappa shape index (κ2) is 12.1. The largest absolute Gasteiger partial charge is 0.208 e. The zero-order chi connectivity index (χ0) is 28.0. The number of hydrogen-bond donors (Lipinski definition) is 0. The summed E-state index contributed by atoms with van der Waals surface area (Å²) in [7, 11) is 0. The summed E-state index contributed by atoms with van der Waals surface area (Å²) < 4.78 is 0. The molecule has 0 aliphatic rings. The van der Waals surface area contributed by atoms with Crippen LogP contribution in [0.5, 0.6) is 0 Å². The fourth-order valence-electron chi connectivity index (χ4n) is 5.02. The molecule has 0 saturated heterocycles. The lowest BCUT2D eigenvalue weighted by Crippen LogP contribution is -2.00. The molecule has 3 heteroatoms. The zero-order valence-corrected chi connectivity index (χ0v) is 23.6. The number of rotatable bonds is 8. The first-order valence-corrected chi connectivity index (χ1v) is 14.3. The van der Waals surface area contributed by atoms with Gasteiger partial charge >= 0.3 is 0 Å².